The maximum Gasteiger partial charge on any atom is 0.188 e. The molecule has 0 radical (unpaired) electrons. The van der Waals surface area contributed by atoms with E-state index in [9.17, 15) is 4.79 Å². The summed E-state index contributed by atoms with van der Waals surface area (Å²) in [6.07, 6.45) is 3.57. The highest BCUT2D eigenvalue weighted by Gasteiger charge is 2.21. The third kappa shape index (κ3) is 3.61. The zero-order chi connectivity index (χ0) is 18.7. The lowest BCUT2D eigenvalue weighted by Gasteiger charge is -2.12. The van der Waals surface area contributed by atoms with E-state index in [4.69, 9.17) is 11.6 Å². The van der Waals surface area contributed by atoms with Gasteiger partial charge in [-0.15, -0.1) is 0 Å². The molecule has 0 aliphatic heterocycles. The Balaban J connectivity index is 2.25. The van der Waals surface area contributed by atoms with Crippen LogP contribution in [0.4, 0.5) is 0 Å². The smallest absolute Gasteiger partial charge is 0.188 e. The number of carbonyl (C=O) groups is 1. The van der Waals surface area contributed by atoms with Gasteiger partial charge in [0.05, 0.1) is 5.56 Å². The van der Waals surface area contributed by atoms with E-state index in [2.05, 4.69) is 17.6 Å². The van der Waals surface area contributed by atoms with Crippen molar-refractivity contribution in [1.29, 1.82) is 0 Å². The molecule has 2 nitrogen and oxygen atoms in total. The third-order valence-electron chi connectivity index (χ3n) is 4.52. The number of fused-ring (bicyclic) bond motifs is 1. The summed E-state index contributed by atoms with van der Waals surface area (Å²) in [6, 6.07) is 16.1. The van der Waals surface area contributed by atoms with Gasteiger partial charge in [0.1, 0.15) is 0 Å². The number of halogens is 1. The lowest BCUT2D eigenvalue weighted by Crippen LogP contribution is -2.08. The van der Waals surface area contributed by atoms with Crippen LogP contribution in [0.25, 0.3) is 10.9 Å². The van der Waals surface area contributed by atoms with Crippen molar-refractivity contribution in [1.82, 2.24) is 4.57 Å². The zero-order valence-corrected chi connectivity index (χ0v) is 16.3. The second kappa shape index (κ2) is 7.92. The normalized spacial score (nSPS) is 10.9. The van der Waals surface area contributed by atoms with E-state index in [1.807, 2.05) is 56.3 Å². The minimum atomic E-state index is 0.0857. The molecule has 0 unspecified atom stereocenters. The summed E-state index contributed by atoms with van der Waals surface area (Å²) >= 11 is 6.40. The van der Waals surface area contributed by atoms with Crippen molar-refractivity contribution in [3.63, 3.8) is 0 Å². The summed E-state index contributed by atoms with van der Waals surface area (Å²) in [4.78, 5) is 13.0. The highest BCUT2D eigenvalue weighted by molar-refractivity contribution is 6.31. The molecule has 2 aromatic carbocycles. The van der Waals surface area contributed by atoms with Gasteiger partial charge in [-0.25, -0.2) is 0 Å². The summed E-state index contributed by atoms with van der Waals surface area (Å²) in [5, 5.41) is 1.77. The summed E-state index contributed by atoms with van der Waals surface area (Å²) in [6.45, 7) is 6.73. The lowest BCUT2D eigenvalue weighted by molar-refractivity contribution is 0.104. The Morgan fingerprint density at radius 2 is 1.77 bits per heavy atom. The van der Waals surface area contributed by atoms with Crippen molar-refractivity contribution >= 4 is 28.3 Å². The van der Waals surface area contributed by atoms with Crippen LogP contribution in [0.2, 0.25) is 5.02 Å². The molecule has 134 valence electrons. The van der Waals surface area contributed by atoms with E-state index in [-0.39, 0.29) is 5.78 Å². The Morgan fingerprint density at radius 3 is 2.46 bits per heavy atom. The Labute approximate surface area is 160 Å². The molecule has 0 atom stereocenters. The van der Waals surface area contributed by atoms with Crippen molar-refractivity contribution < 1.29 is 4.79 Å². The fraction of sp³-hybridized carbons (Fsp3) is 0.261. The first kappa shape index (κ1) is 18.5. The molecular formula is C23H24ClNO. The minimum Gasteiger partial charge on any atom is -0.339 e. The number of carbonyl (C=O) groups excluding carboxylic acids is 1. The van der Waals surface area contributed by atoms with E-state index >= 15 is 0 Å². The number of benzene rings is 2. The molecule has 0 amide bonds. The Hall–Kier alpha value is -2.32. The molecule has 1 heterocycles. The summed E-state index contributed by atoms with van der Waals surface area (Å²) in [5.41, 5.74) is 5.09. The lowest BCUT2D eigenvalue weighted by atomic mass is 10.0. The van der Waals surface area contributed by atoms with Crippen LogP contribution in [0.15, 0.2) is 60.2 Å². The molecule has 0 N–H and O–H groups in total. The first-order valence-corrected chi connectivity index (χ1v) is 9.43. The number of aromatic nitrogens is 1. The highest BCUT2D eigenvalue weighted by Crippen LogP contribution is 2.30. The van der Waals surface area contributed by atoms with Gasteiger partial charge in [-0.3, -0.25) is 4.79 Å². The SMILES string of the molecule is CCCc1c(C(=O)C=C(C)C)c2ccccc2n1Cc1ccccc1Cl. The molecule has 0 aliphatic rings. The predicted molar refractivity (Wildman–Crippen MR) is 110 cm³/mol. The largest absolute Gasteiger partial charge is 0.339 e. The van der Waals surface area contributed by atoms with Gasteiger partial charge in [-0.2, -0.15) is 0 Å². The van der Waals surface area contributed by atoms with Gasteiger partial charge in [0, 0.05) is 28.2 Å². The second-order valence-electron chi connectivity index (χ2n) is 6.85. The number of hydrogen-bond donors (Lipinski definition) is 0. The number of hydrogen-bond acceptors (Lipinski definition) is 1. The summed E-state index contributed by atoms with van der Waals surface area (Å²) in [5.74, 6) is 0.0857. The Bertz CT molecular complexity index is 977. The van der Waals surface area contributed by atoms with Gasteiger partial charge in [0.15, 0.2) is 5.78 Å². The average Bonchev–Trinajstić information content (AvgIpc) is 2.90. The Morgan fingerprint density at radius 1 is 1.08 bits per heavy atom. The van der Waals surface area contributed by atoms with E-state index in [1.165, 1.54) is 0 Å². The van der Waals surface area contributed by atoms with Crippen LogP contribution in [0.1, 0.15) is 48.8 Å². The molecule has 0 saturated carbocycles. The molecule has 26 heavy (non-hydrogen) atoms. The highest BCUT2D eigenvalue weighted by atomic mass is 35.5. The number of rotatable bonds is 6. The fourth-order valence-electron chi connectivity index (χ4n) is 3.44. The van der Waals surface area contributed by atoms with Crippen LogP contribution < -0.4 is 0 Å². The summed E-state index contributed by atoms with van der Waals surface area (Å²) in [7, 11) is 0. The van der Waals surface area contributed by atoms with Gasteiger partial charge < -0.3 is 4.57 Å². The van der Waals surface area contributed by atoms with Gasteiger partial charge >= 0.3 is 0 Å². The predicted octanol–water partition coefficient (Wildman–Crippen LogP) is 6.44. The molecule has 0 saturated heterocycles. The van der Waals surface area contributed by atoms with Crippen molar-refractivity contribution in [3.8, 4) is 0 Å². The van der Waals surface area contributed by atoms with Crippen LogP contribution in [-0.2, 0) is 13.0 Å². The molecule has 0 aliphatic carbocycles. The molecule has 0 fully saturated rings. The van der Waals surface area contributed by atoms with Crippen LogP contribution >= 0.6 is 11.6 Å². The molecule has 3 rings (SSSR count). The average molecular weight is 366 g/mol. The van der Waals surface area contributed by atoms with Crippen molar-refractivity contribution in [2.75, 3.05) is 0 Å². The van der Waals surface area contributed by atoms with Crippen LogP contribution in [0.3, 0.4) is 0 Å². The van der Waals surface area contributed by atoms with E-state index in [0.29, 0.717) is 6.54 Å². The van der Waals surface area contributed by atoms with Crippen LogP contribution in [0, 0.1) is 0 Å². The van der Waals surface area contributed by atoms with Crippen LogP contribution in [0.5, 0.6) is 0 Å². The van der Waals surface area contributed by atoms with E-state index < -0.39 is 0 Å². The fourth-order valence-corrected chi connectivity index (χ4v) is 3.64. The molecule has 0 bridgehead atoms. The van der Waals surface area contributed by atoms with Gasteiger partial charge in [-0.1, -0.05) is 66.9 Å². The first-order chi connectivity index (χ1) is 12.5. The molecule has 1 aromatic heterocycles. The van der Waals surface area contributed by atoms with Gasteiger partial charge in [0.25, 0.3) is 0 Å². The standard InChI is InChI=1S/C23H24ClNO/c1-4-9-21-23(22(26)14-16(2)3)18-11-6-8-13-20(18)25(21)15-17-10-5-7-12-19(17)24/h5-8,10-14H,4,9,15H2,1-3H3. The number of para-hydroxylation sites is 1. The Kier molecular flexibility index (Phi) is 5.63. The first-order valence-electron chi connectivity index (χ1n) is 9.05. The maximum absolute atomic E-state index is 13.0. The minimum absolute atomic E-state index is 0.0857. The topological polar surface area (TPSA) is 22.0 Å². The molecule has 0 spiro atoms. The monoisotopic (exact) mass is 365 g/mol. The van der Waals surface area contributed by atoms with E-state index in [0.717, 1.165) is 51.2 Å². The summed E-state index contributed by atoms with van der Waals surface area (Å²) < 4.78 is 2.26. The van der Waals surface area contributed by atoms with Crippen LogP contribution in [-0.4, -0.2) is 10.4 Å². The number of allylic oxidation sites excluding steroid dienone is 2. The third-order valence-corrected chi connectivity index (χ3v) is 4.89. The van der Waals surface area contributed by atoms with Crippen molar-refractivity contribution in [2.45, 2.75) is 40.2 Å². The number of nitrogens with zero attached hydrogens (tertiary/aromatic N) is 1. The zero-order valence-electron chi connectivity index (χ0n) is 15.6. The van der Waals surface area contributed by atoms with E-state index in [1.54, 1.807) is 6.08 Å². The molecule has 3 heteroatoms. The van der Waals surface area contributed by atoms with Gasteiger partial charge in [0.2, 0.25) is 0 Å². The van der Waals surface area contributed by atoms with Gasteiger partial charge in [-0.05, 0) is 44.0 Å². The maximum atomic E-state index is 13.0. The molecular weight excluding hydrogens is 342 g/mol. The van der Waals surface area contributed by atoms with Crippen molar-refractivity contribution in [2.24, 2.45) is 0 Å². The quantitative estimate of drug-likeness (QED) is 0.363. The van der Waals surface area contributed by atoms with Crippen molar-refractivity contribution in [3.05, 3.63) is 82.0 Å². The number of ketones is 1. The molecule has 3 aromatic rings. The second-order valence-corrected chi connectivity index (χ2v) is 7.26.